The van der Waals surface area contributed by atoms with E-state index < -0.39 is 5.41 Å². The number of imide groups is 1. The monoisotopic (exact) mass is 330 g/mol. The van der Waals surface area contributed by atoms with Crippen molar-refractivity contribution in [3.8, 4) is 0 Å². The van der Waals surface area contributed by atoms with Crippen LogP contribution in [0.1, 0.15) is 31.2 Å². The number of carbonyl (C=O) groups excluding carboxylic acids is 3. The van der Waals surface area contributed by atoms with Crippen molar-refractivity contribution in [3.63, 3.8) is 0 Å². The molecule has 0 saturated carbocycles. The molecular formula is C18H22N2O4. The summed E-state index contributed by atoms with van der Waals surface area (Å²) in [7, 11) is 0. The van der Waals surface area contributed by atoms with Crippen molar-refractivity contribution < 1.29 is 19.1 Å². The molecule has 1 spiro atoms. The molecule has 2 aliphatic rings. The number of benzene rings is 1. The number of hydrogen-bond acceptors (Lipinski definition) is 4. The van der Waals surface area contributed by atoms with E-state index >= 15 is 0 Å². The second-order valence-electron chi connectivity index (χ2n) is 6.54. The van der Waals surface area contributed by atoms with Crippen molar-refractivity contribution in [1.82, 2.24) is 10.2 Å². The molecule has 6 nitrogen and oxygen atoms in total. The quantitative estimate of drug-likeness (QED) is 0.629. The van der Waals surface area contributed by atoms with E-state index in [2.05, 4.69) is 5.32 Å². The van der Waals surface area contributed by atoms with Gasteiger partial charge in [0.15, 0.2) is 0 Å². The van der Waals surface area contributed by atoms with Crippen molar-refractivity contribution in [2.45, 2.75) is 32.3 Å². The molecule has 2 heterocycles. The molecule has 0 bridgehead atoms. The van der Waals surface area contributed by atoms with Crippen molar-refractivity contribution in [1.29, 1.82) is 0 Å². The van der Waals surface area contributed by atoms with Gasteiger partial charge in [0.25, 0.3) is 0 Å². The van der Waals surface area contributed by atoms with Gasteiger partial charge in [0.1, 0.15) is 0 Å². The zero-order valence-electron chi connectivity index (χ0n) is 13.6. The first-order chi connectivity index (χ1) is 11.6. The minimum Gasteiger partial charge on any atom is -0.377 e. The predicted octanol–water partition coefficient (Wildman–Crippen LogP) is 1.25. The number of nitrogens with one attached hydrogen (secondary N) is 1. The minimum atomic E-state index is -0.684. The van der Waals surface area contributed by atoms with E-state index in [1.165, 1.54) is 0 Å². The highest BCUT2D eigenvalue weighted by atomic mass is 16.5. The van der Waals surface area contributed by atoms with Gasteiger partial charge in [0.05, 0.1) is 12.0 Å². The molecule has 3 amide bonds. The van der Waals surface area contributed by atoms with E-state index in [1.807, 2.05) is 30.3 Å². The molecule has 1 atom stereocenters. The molecule has 2 fully saturated rings. The molecule has 24 heavy (non-hydrogen) atoms. The predicted molar refractivity (Wildman–Crippen MR) is 86.7 cm³/mol. The van der Waals surface area contributed by atoms with Crippen LogP contribution in [-0.4, -0.2) is 42.3 Å². The average Bonchev–Trinajstić information content (AvgIpc) is 3.12. The van der Waals surface area contributed by atoms with Crippen LogP contribution in [0.2, 0.25) is 0 Å². The Kier molecular flexibility index (Phi) is 4.94. The van der Waals surface area contributed by atoms with Crippen LogP contribution in [0.3, 0.4) is 0 Å². The van der Waals surface area contributed by atoms with Crippen molar-refractivity contribution >= 4 is 17.7 Å². The van der Waals surface area contributed by atoms with Crippen LogP contribution in [-0.2, 0) is 25.7 Å². The highest BCUT2D eigenvalue weighted by Gasteiger charge is 2.51. The summed E-state index contributed by atoms with van der Waals surface area (Å²) in [5.41, 5.74) is 0.429. The third kappa shape index (κ3) is 3.64. The van der Waals surface area contributed by atoms with Gasteiger partial charge in [-0.25, -0.2) is 0 Å². The highest BCUT2D eigenvalue weighted by molar-refractivity contribution is 6.06. The van der Waals surface area contributed by atoms with Gasteiger partial charge in [0, 0.05) is 32.5 Å². The lowest BCUT2D eigenvalue weighted by Crippen LogP contribution is -2.36. The van der Waals surface area contributed by atoms with Crippen molar-refractivity contribution in [3.05, 3.63) is 35.9 Å². The summed E-state index contributed by atoms with van der Waals surface area (Å²) >= 11 is 0. The topological polar surface area (TPSA) is 75.7 Å². The fraction of sp³-hybridized carbons (Fsp3) is 0.500. The number of hydrogen-bond donors (Lipinski definition) is 1. The zero-order chi connectivity index (χ0) is 17.0. The van der Waals surface area contributed by atoms with Gasteiger partial charge >= 0.3 is 0 Å². The molecule has 1 unspecified atom stereocenters. The van der Waals surface area contributed by atoms with Gasteiger partial charge < -0.3 is 9.64 Å². The van der Waals surface area contributed by atoms with Gasteiger partial charge in [-0.2, -0.15) is 0 Å². The Bertz CT molecular complexity index is 631. The van der Waals surface area contributed by atoms with Gasteiger partial charge in [-0.3, -0.25) is 19.7 Å². The van der Waals surface area contributed by atoms with Crippen LogP contribution in [0.15, 0.2) is 30.3 Å². The molecule has 0 aromatic heterocycles. The van der Waals surface area contributed by atoms with Crippen LogP contribution in [0.4, 0.5) is 0 Å². The molecule has 6 heteroatoms. The van der Waals surface area contributed by atoms with Crippen LogP contribution < -0.4 is 5.32 Å². The summed E-state index contributed by atoms with van der Waals surface area (Å²) in [5, 5.41) is 2.35. The summed E-state index contributed by atoms with van der Waals surface area (Å²) in [6.07, 6.45) is 1.83. The molecule has 0 radical (unpaired) electrons. The maximum absolute atomic E-state index is 12.3. The number of ether oxygens (including phenoxy) is 1. The molecular weight excluding hydrogens is 308 g/mol. The van der Waals surface area contributed by atoms with Gasteiger partial charge in [-0.05, 0) is 18.4 Å². The molecule has 3 rings (SSSR count). The molecule has 2 saturated heterocycles. The smallest absolute Gasteiger partial charge is 0.235 e. The second kappa shape index (κ2) is 7.13. The van der Waals surface area contributed by atoms with E-state index in [9.17, 15) is 14.4 Å². The lowest BCUT2D eigenvalue weighted by Gasteiger charge is -2.20. The first-order valence-corrected chi connectivity index (χ1v) is 8.33. The van der Waals surface area contributed by atoms with Gasteiger partial charge in [0.2, 0.25) is 17.7 Å². The summed E-state index contributed by atoms with van der Waals surface area (Å²) in [6.45, 7) is 1.97. The van der Waals surface area contributed by atoms with Crippen molar-refractivity contribution in [2.24, 2.45) is 5.41 Å². The maximum Gasteiger partial charge on any atom is 0.235 e. The normalized spacial score (nSPS) is 23.1. The van der Waals surface area contributed by atoms with E-state index in [0.717, 1.165) is 5.56 Å². The largest absolute Gasteiger partial charge is 0.377 e. The maximum atomic E-state index is 12.3. The SMILES string of the molecule is O=C1CC2(CCN(C(=O)CCCOCc3ccccc3)C2)C(=O)N1. The van der Waals surface area contributed by atoms with Gasteiger partial charge in [-0.1, -0.05) is 30.3 Å². The van der Waals surface area contributed by atoms with E-state index in [0.29, 0.717) is 45.6 Å². The van der Waals surface area contributed by atoms with Crippen LogP contribution in [0, 0.1) is 5.41 Å². The summed E-state index contributed by atoms with van der Waals surface area (Å²) < 4.78 is 5.58. The Morgan fingerprint density at radius 1 is 1.25 bits per heavy atom. The number of nitrogens with zero attached hydrogens (tertiary/aromatic N) is 1. The van der Waals surface area contributed by atoms with E-state index in [-0.39, 0.29) is 24.1 Å². The molecule has 2 aliphatic heterocycles. The third-order valence-electron chi connectivity index (χ3n) is 4.73. The third-order valence-corrected chi connectivity index (χ3v) is 4.73. The van der Waals surface area contributed by atoms with Gasteiger partial charge in [-0.15, -0.1) is 0 Å². The Hall–Kier alpha value is -2.21. The number of carbonyl (C=O) groups is 3. The van der Waals surface area contributed by atoms with Crippen LogP contribution in [0.25, 0.3) is 0 Å². The first-order valence-electron chi connectivity index (χ1n) is 8.33. The molecule has 1 aromatic rings. The second-order valence-corrected chi connectivity index (χ2v) is 6.54. The van der Waals surface area contributed by atoms with Crippen LogP contribution >= 0.6 is 0 Å². The Balaban J connectivity index is 1.37. The molecule has 1 aromatic carbocycles. The summed E-state index contributed by atoms with van der Waals surface area (Å²) in [6, 6.07) is 9.90. The average molecular weight is 330 g/mol. The Labute approximate surface area is 141 Å². The fourth-order valence-electron chi connectivity index (χ4n) is 3.35. The standard InChI is InChI=1S/C18H22N2O4/c21-15-11-18(17(23)19-15)8-9-20(13-18)16(22)7-4-10-24-12-14-5-2-1-3-6-14/h1-3,5-6H,4,7-13H2,(H,19,21,23). The zero-order valence-corrected chi connectivity index (χ0v) is 13.6. The lowest BCUT2D eigenvalue weighted by molar-refractivity contribution is -0.132. The highest BCUT2D eigenvalue weighted by Crippen LogP contribution is 2.37. The fourth-order valence-corrected chi connectivity index (χ4v) is 3.35. The van der Waals surface area contributed by atoms with Crippen LogP contribution in [0.5, 0.6) is 0 Å². The number of likely N-dealkylation sites (tertiary alicyclic amines) is 1. The van der Waals surface area contributed by atoms with Crippen molar-refractivity contribution in [2.75, 3.05) is 19.7 Å². The molecule has 128 valence electrons. The Morgan fingerprint density at radius 2 is 2.04 bits per heavy atom. The molecule has 0 aliphatic carbocycles. The number of rotatable bonds is 6. The Morgan fingerprint density at radius 3 is 2.75 bits per heavy atom. The molecule has 1 N–H and O–H groups in total. The van der Waals surface area contributed by atoms with E-state index in [4.69, 9.17) is 4.74 Å². The lowest BCUT2D eigenvalue weighted by atomic mass is 9.85. The first kappa shape index (κ1) is 16.6. The van der Waals surface area contributed by atoms with E-state index in [1.54, 1.807) is 4.90 Å². The summed E-state index contributed by atoms with van der Waals surface area (Å²) in [5.74, 6) is -0.431. The summed E-state index contributed by atoms with van der Waals surface area (Å²) in [4.78, 5) is 37.3. The minimum absolute atomic E-state index is 0.0299. The number of amides is 3.